The topological polar surface area (TPSA) is 12.0 Å². The maximum Gasteiger partial charge on any atom is 0.0178 e. The van der Waals surface area contributed by atoms with E-state index in [1.165, 1.54) is 35.7 Å². The number of hydrogen-bond donors (Lipinski definition) is 1. The number of likely N-dealkylation sites (N-methyl/N-ethyl adjacent to an activating group) is 1. The predicted molar refractivity (Wildman–Crippen MR) is 79.6 cm³/mol. The van der Waals surface area contributed by atoms with Crippen molar-refractivity contribution in [2.75, 3.05) is 6.54 Å². The first-order chi connectivity index (χ1) is 8.76. The number of benzene rings is 1. The molecule has 0 saturated heterocycles. The molecule has 2 heteroatoms. The van der Waals surface area contributed by atoms with E-state index in [-0.39, 0.29) is 0 Å². The second kappa shape index (κ2) is 5.34. The van der Waals surface area contributed by atoms with Gasteiger partial charge in [0.15, 0.2) is 0 Å². The minimum atomic E-state index is 0.678. The van der Waals surface area contributed by atoms with Crippen LogP contribution in [0.1, 0.15) is 31.7 Å². The van der Waals surface area contributed by atoms with Crippen LogP contribution >= 0.6 is 15.9 Å². The van der Waals surface area contributed by atoms with Crippen molar-refractivity contribution in [1.29, 1.82) is 0 Å². The van der Waals surface area contributed by atoms with Gasteiger partial charge in [-0.1, -0.05) is 35.0 Å². The van der Waals surface area contributed by atoms with Gasteiger partial charge < -0.3 is 5.32 Å². The molecule has 2 aliphatic carbocycles. The van der Waals surface area contributed by atoms with Crippen LogP contribution in [0.2, 0.25) is 0 Å². The van der Waals surface area contributed by atoms with Crippen LogP contribution in [0.3, 0.4) is 0 Å². The molecule has 0 spiro atoms. The van der Waals surface area contributed by atoms with Crippen LogP contribution in [-0.2, 0) is 6.42 Å². The van der Waals surface area contributed by atoms with Crippen molar-refractivity contribution >= 4 is 15.9 Å². The predicted octanol–water partition coefficient (Wildman–Crippen LogP) is 4.02. The van der Waals surface area contributed by atoms with Crippen molar-refractivity contribution in [1.82, 2.24) is 5.32 Å². The summed E-state index contributed by atoms with van der Waals surface area (Å²) >= 11 is 3.57. The number of nitrogens with one attached hydrogen (secondary N) is 1. The molecule has 3 unspecified atom stereocenters. The van der Waals surface area contributed by atoms with Crippen molar-refractivity contribution in [3.63, 3.8) is 0 Å². The summed E-state index contributed by atoms with van der Waals surface area (Å²) in [6.45, 7) is 3.31. The van der Waals surface area contributed by atoms with Crippen LogP contribution in [0.4, 0.5) is 0 Å². The van der Waals surface area contributed by atoms with Crippen LogP contribution in [0.5, 0.6) is 0 Å². The lowest BCUT2D eigenvalue weighted by atomic mass is 9.89. The van der Waals surface area contributed by atoms with Gasteiger partial charge in [-0.2, -0.15) is 0 Å². The molecule has 18 heavy (non-hydrogen) atoms. The fraction of sp³-hybridized carbons (Fsp3) is 0.625. The second-order valence-electron chi connectivity index (χ2n) is 5.99. The van der Waals surface area contributed by atoms with E-state index in [4.69, 9.17) is 0 Å². The van der Waals surface area contributed by atoms with Gasteiger partial charge in [0.2, 0.25) is 0 Å². The maximum atomic E-state index is 3.72. The zero-order chi connectivity index (χ0) is 12.5. The summed E-state index contributed by atoms with van der Waals surface area (Å²) < 4.78 is 1.20. The third-order valence-corrected chi connectivity index (χ3v) is 5.15. The van der Waals surface area contributed by atoms with Crippen LogP contribution in [0.25, 0.3) is 0 Å². The zero-order valence-corrected chi connectivity index (χ0v) is 12.6. The lowest BCUT2D eigenvalue weighted by Gasteiger charge is -2.26. The SMILES string of the molecule is CCNC(Cc1cccc(Br)c1)C1CC2CC2C1. The van der Waals surface area contributed by atoms with E-state index >= 15 is 0 Å². The van der Waals surface area contributed by atoms with E-state index in [1.807, 2.05) is 0 Å². The Morgan fingerprint density at radius 3 is 2.72 bits per heavy atom. The number of halogens is 1. The van der Waals surface area contributed by atoms with Crippen molar-refractivity contribution < 1.29 is 0 Å². The highest BCUT2D eigenvalue weighted by Crippen LogP contribution is 2.55. The Hall–Kier alpha value is -0.340. The maximum absolute atomic E-state index is 3.72. The van der Waals surface area contributed by atoms with Gasteiger partial charge in [0.25, 0.3) is 0 Å². The minimum absolute atomic E-state index is 0.678. The summed E-state index contributed by atoms with van der Waals surface area (Å²) in [6, 6.07) is 9.45. The number of hydrogen-bond acceptors (Lipinski definition) is 1. The van der Waals surface area contributed by atoms with E-state index in [0.29, 0.717) is 6.04 Å². The molecule has 2 aliphatic rings. The highest BCUT2D eigenvalue weighted by Gasteiger charge is 2.47. The largest absolute Gasteiger partial charge is 0.314 e. The molecule has 1 aromatic carbocycles. The number of fused-ring (bicyclic) bond motifs is 1. The molecule has 2 saturated carbocycles. The molecular weight excluding hydrogens is 286 g/mol. The summed E-state index contributed by atoms with van der Waals surface area (Å²) in [7, 11) is 0. The summed E-state index contributed by atoms with van der Waals surface area (Å²) in [5.74, 6) is 3.07. The molecule has 1 aromatic rings. The molecule has 0 aliphatic heterocycles. The van der Waals surface area contributed by atoms with E-state index in [0.717, 1.165) is 24.3 Å². The molecule has 3 atom stereocenters. The first-order valence-electron chi connectivity index (χ1n) is 7.24. The smallest absolute Gasteiger partial charge is 0.0178 e. The van der Waals surface area contributed by atoms with Gasteiger partial charge >= 0.3 is 0 Å². The zero-order valence-electron chi connectivity index (χ0n) is 11.0. The van der Waals surface area contributed by atoms with Crippen LogP contribution in [-0.4, -0.2) is 12.6 Å². The molecule has 1 nitrogen and oxygen atoms in total. The Morgan fingerprint density at radius 1 is 1.28 bits per heavy atom. The summed E-state index contributed by atoms with van der Waals surface area (Å²) in [4.78, 5) is 0. The quantitative estimate of drug-likeness (QED) is 0.866. The fourth-order valence-electron chi connectivity index (χ4n) is 3.68. The van der Waals surface area contributed by atoms with Crippen LogP contribution in [0.15, 0.2) is 28.7 Å². The average molecular weight is 308 g/mol. The van der Waals surface area contributed by atoms with Crippen molar-refractivity contribution in [3.8, 4) is 0 Å². The standard InChI is InChI=1S/C16H22BrN/c1-2-18-16(14-9-12-8-13(12)10-14)7-11-4-3-5-15(17)6-11/h3-6,12-14,16,18H,2,7-10H2,1H3. The van der Waals surface area contributed by atoms with Crippen molar-refractivity contribution in [2.24, 2.45) is 17.8 Å². The first-order valence-corrected chi connectivity index (χ1v) is 8.03. The third-order valence-electron chi connectivity index (χ3n) is 4.66. The van der Waals surface area contributed by atoms with Gasteiger partial charge in [0.05, 0.1) is 0 Å². The van der Waals surface area contributed by atoms with Gasteiger partial charge in [0, 0.05) is 10.5 Å². The van der Waals surface area contributed by atoms with Gasteiger partial charge in [-0.05, 0) is 67.7 Å². The summed E-state index contributed by atoms with van der Waals surface area (Å²) in [6.07, 6.45) is 5.64. The molecule has 0 amide bonds. The van der Waals surface area contributed by atoms with Gasteiger partial charge in [-0.15, -0.1) is 0 Å². The molecule has 2 fully saturated rings. The fourth-order valence-corrected chi connectivity index (χ4v) is 4.12. The molecule has 3 rings (SSSR count). The summed E-state index contributed by atoms with van der Waals surface area (Å²) in [5, 5.41) is 3.72. The molecule has 0 bridgehead atoms. The van der Waals surface area contributed by atoms with Crippen molar-refractivity contribution in [3.05, 3.63) is 34.3 Å². The Labute approximate surface area is 118 Å². The van der Waals surface area contributed by atoms with E-state index < -0.39 is 0 Å². The van der Waals surface area contributed by atoms with Gasteiger partial charge in [0.1, 0.15) is 0 Å². The average Bonchev–Trinajstić information content (AvgIpc) is 2.96. The Kier molecular flexibility index (Phi) is 3.76. The van der Waals surface area contributed by atoms with E-state index in [2.05, 4.69) is 52.4 Å². The van der Waals surface area contributed by atoms with Crippen LogP contribution < -0.4 is 5.32 Å². The second-order valence-corrected chi connectivity index (χ2v) is 6.90. The number of rotatable bonds is 5. The van der Waals surface area contributed by atoms with E-state index in [1.54, 1.807) is 0 Å². The lowest BCUT2D eigenvalue weighted by Crippen LogP contribution is -2.37. The van der Waals surface area contributed by atoms with E-state index in [9.17, 15) is 0 Å². The van der Waals surface area contributed by atoms with Crippen molar-refractivity contribution in [2.45, 2.75) is 38.6 Å². The van der Waals surface area contributed by atoms with Gasteiger partial charge in [-0.25, -0.2) is 0 Å². The molecule has 0 radical (unpaired) electrons. The molecule has 98 valence electrons. The lowest BCUT2D eigenvalue weighted by molar-refractivity contribution is 0.337. The molecular formula is C16H22BrN. The monoisotopic (exact) mass is 307 g/mol. The Balaban J connectivity index is 1.66. The van der Waals surface area contributed by atoms with Crippen LogP contribution in [0, 0.1) is 17.8 Å². The molecule has 0 heterocycles. The first kappa shape index (κ1) is 12.7. The Morgan fingerprint density at radius 2 is 2.06 bits per heavy atom. The Bertz CT molecular complexity index is 407. The highest BCUT2D eigenvalue weighted by molar-refractivity contribution is 9.10. The normalized spacial score (nSPS) is 31.1. The highest BCUT2D eigenvalue weighted by atomic mass is 79.9. The minimum Gasteiger partial charge on any atom is -0.314 e. The van der Waals surface area contributed by atoms with Gasteiger partial charge in [-0.3, -0.25) is 0 Å². The molecule has 1 N–H and O–H groups in total. The summed E-state index contributed by atoms with van der Waals surface area (Å²) in [5.41, 5.74) is 1.45. The molecule has 0 aromatic heterocycles. The third kappa shape index (κ3) is 2.80.